The lowest BCUT2D eigenvalue weighted by molar-refractivity contribution is 0.0685. The third kappa shape index (κ3) is 3.32. The number of aromatic nitrogens is 1. The summed E-state index contributed by atoms with van der Waals surface area (Å²) in [5, 5.41) is 1.77. The number of carbonyl (C=O) groups excluding carboxylic acids is 1. The van der Waals surface area contributed by atoms with Crippen LogP contribution in [0.15, 0.2) is 35.2 Å². The zero-order valence-corrected chi connectivity index (χ0v) is 11.9. The van der Waals surface area contributed by atoms with E-state index in [0.717, 1.165) is 5.56 Å². The van der Waals surface area contributed by atoms with E-state index in [1.54, 1.807) is 15.8 Å². The highest BCUT2D eigenvalue weighted by molar-refractivity contribution is 7.07. The molecule has 0 radical (unpaired) electrons. The lowest BCUT2D eigenvalue weighted by Crippen LogP contribution is -2.36. The van der Waals surface area contributed by atoms with Gasteiger partial charge in [-0.15, -0.1) is 11.3 Å². The van der Waals surface area contributed by atoms with Gasteiger partial charge in [0.1, 0.15) is 5.69 Å². The lowest BCUT2D eigenvalue weighted by atomic mass is 10.1. The maximum atomic E-state index is 12.4. The molecule has 0 aliphatic carbocycles. The van der Waals surface area contributed by atoms with Crippen molar-refractivity contribution < 1.29 is 4.79 Å². The van der Waals surface area contributed by atoms with Crippen LogP contribution in [0.3, 0.4) is 0 Å². The molecule has 4 nitrogen and oxygen atoms in total. The van der Waals surface area contributed by atoms with Gasteiger partial charge < -0.3 is 10.6 Å². The predicted molar refractivity (Wildman–Crippen MR) is 78.0 cm³/mol. The first-order valence-electron chi connectivity index (χ1n) is 6.11. The maximum Gasteiger partial charge on any atom is 0.273 e. The number of anilines is 1. The molecule has 0 saturated heterocycles. The molecule has 0 spiro atoms. The Morgan fingerprint density at radius 3 is 2.84 bits per heavy atom. The molecule has 0 fully saturated rings. The second-order valence-electron chi connectivity index (χ2n) is 4.65. The first-order valence-corrected chi connectivity index (χ1v) is 7.06. The second-order valence-corrected chi connectivity index (χ2v) is 5.36. The van der Waals surface area contributed by atoms with Crippen molar-refractivity contribution in [2.45, 2.75) is 26.4 Å². The van der Waals surface area contributed by atoms with Crippen LogP contribution >= 0.6 is 11.3 Å². The van der Waals surface area contributed by atoms with Crippen LogP contribution in [0, 0.1) is 0 Å². The molecule has 1 aromatic carbocycles. The number of amides is 1. The summed E-state index contributed by atoms with van der Waals surface area (Å²) in [6.45, 7) is 4.53. The molecule has 0 aliphatic heterocycles. The largest absolute Gasteiger partial charge is 0.399 e. The molecule has 5 heteroatoms. The summed E-state index contributed by atoms with van der Waals surface area (Å²) in [6.07, 6.45) is 0. The first kappa shape index (κ1) is 13.5. The SMILES string of the molecule is CC(C)N(Cc1cccc(N)c1)C(=O)c1cscn1. The highest BCUT2D eigenvalue weighted by Crippen LogP contribution is 2.15. The lowest BCUT2D eigenvalue weighted by Gasteiger charge is -2.26. The van der Waals surface area contributed by atoms with Gasteiger partial charge in [0.25, 0.3) is 5.91 Å². The molecule has 1 aromatic heterocycles. The normalized spacial score (nSPS) is 10.7. The van der Waals surface area contributed by atoms with Gasteiger partial charge in [-0.05, 0) is 31.5 Å². The van der Waals surface area contributed by atoms with Crippen molar-refractivity contribution in [2.75, 3.05) is 5.73 Å². The van der Waals surface area contributed by atoms with E-state index in [1.165, 1.54) is 11.3 Å². The number of nitrogens with zero attached hydrogens (tertiary/aromatic N) is 2. The van der Waals surface area contributed by atoms with Crippen LogP contribution in [0.25, 0.3) is 0 Å². The van der Waals surface area contributed by atoms with Gasteiger partial charge in [-0.25, -0.2) is 4.98 Å². The van der Waals surface area contributed by atoms with Crippen molar-refractivity contribution in [2.24, 2.45) is 0 Å². The zero-order chi connectivity index (χ0) is 13.8. The monoisotopic (exact) mass is 275 g/mol. The Morgan fingerprint density at radius 1 is 1.47 bits per heavy atom. The van der Waals surface area contributed by atoms with Gasteiger partial charge in [0.2, 0.25) is 0 Å². The van der Waals surface area contributed by atoms with Crippen molar-refractivity contribution in [1.29, 1.82) is 0 Å². The van der Waals surface area contributed by atoms with Crippen LogP contribution in [-0.2, 0) is 6.54 Å². The summed E-state index contributed by atoms with van der Waals surface area (Å²) in [6, 6.07) is 7.71. The molecule has 0 saturated carbocycles. The highest BCUT2D eigenvalue weighted by atomic mass is 32.1. The Hall–Kier alpha value is -1.88. The van der Waals surface area contributed by atoms with Crippen LogP contribution < -0.4 is 5.73 Å². The van der Waals surface area contributed by atoms with Gasteiger partial charge in [0, 0.05) is 23.7 Å². The average Bonchev–Trinajstić information content (AvgIpc) is 2.88. The summed E-state index contributed by atoms with van der Waals surface area (Å²) in [5.74, 6) is -0.0429. The van der Waals surface area contributed by atoms with Gasteiger partial charge >= 0.3 is 0 Å². The van der Waals surface area contributed by atoms with E-state index in [1.807, 2.05) is 38.1 Å². The summed E-state index contributed by atoms with van der Waals surface area (Å²) in [5.41, 5.74) is 9.68. The molecular formula is C14H17N3OS. The Bertz CT molecular complexity index is 552. The topological polar surface area (TPSA) is 59.2 Å². The average molecular weight is 275 g/mol. The Balaban J connectivity index is 2.19. The number of hydrogen-bond acceptors (Lipinski definition) is 4. The molecule has 0 unspecified atom stereocenters. The third-order valence-corrected chi connectivity index (χ3v) is 3.43. The van der Waals surface area contributed by atoms with Crippen molar-refractivity contribution in [3.63, 3.8) is 0 Å². The van der Waals surface area contributed by atoms with Gasteiger partial charge in [-0.3, -0.25) is 4.79 Å². The number of nitrogens with two attached hydrogens (primary N) is 1. The number of nitrogen functional groups attached to an aromatic ring is 1. The van der Waals surface area contributed by atoms with Gasteiger partial charge in [-0.1, -0.05) is 12.1 Å². The Morgan fingerprint density at radius 2 is 2.26 bits per heavy atom. The predicted octanol–water partition coefficient (Wildman–Crippen LogP) is 2.78. The molecule has 2 aromatic rings. The minimum atomic E-state index is -0.0429. The molecule has 100 valence electrons. The first-order chi connectivity index (χ1) is 9.08. The fraction of sp³-hybridized carbons (Fsp3) is 0.286. The molecule has 0 bridgehead atoms. The molecule has 2 N–H and O–H groups in total. The van der Waals surface area contributed by atoms with Gasteiger partial charge in [0.15, 0.2) is 0 Å². The zero-order valence-electron chi connectivity index (χ0n) is 11.0. The summed E-state index contributed by atoms with van der Waals surface area (Å²) >= 11 is 1.43. The van der Waals surface area contributed by atoms with Crippen LogP contribution in [0.2, 0.25) is 0 Å². The van der Waals surface area contributed by atoms with Crippen molar-refractivity contribution in [3.8, 4) is 0 Å². The third-order valence-electron chi connectivity index (χ3n) is 2.84. The second kappa shape index (κ2) is 5.84. The van der Waals surface area contributed by atoms with Crippen molar-refractivity contribution in [3.05, 3.63) is 46.4 Å². The summed E-state index contributed by atoms with van der Waals surface area (Å²) in [7, 11) is 0. The number of hydrogen-bond donors (Lipinski definition) is 1. The minimum absolute atomic E-state index is 0.0429. The molecular weight excluding hydrogens is 258 g/mol. The highest BCUT2D eigenvalue weighted by Gasteiger charge is 2.20. The fourth-order valence-electron chi connectivity index (χ4n) is 1.84. The van der Waals surface area contributed by atoms with E-state index in [9.17, 15) is 4.79 Å². The smallest absolute Gasteiger partial charge is 0.273 e. The summed E-state index contributed by atoms with van der Waals surface area (Å²) < 4.78 is 0. The molecule has 0 aliphatic rings. The molecule has 1 heterocycles. The van der Waals surface area contributed by atoms with E-state index in [4.69, 9.17) is 5.73 Å². The Kier molecular flexibility index (Phi) is 4.16. The van der Waals surface area contributed by atoms with Crippen molar-refractivity contribution >= 4 is 22.9 Å². The quantitative estimate of drug-likeness (QED) is 0.873. The van der Waals surface area contributed by atoms with Gasteiger partial charge in [-0.2, -0.15) is 0 Å². The van der Waals surface area contributed by atoms with E-state index in [0.29, 0.717) is 17.9 Å². The number of thiazole rings is 1. The van der Waals surface area contributed by atoms with Crippen LogP contribution in [0.5, 0.6) is 0 Å². The molecule has 19 heavy (non-hydrogen) atoms. The van der Waals surface area contributed by atoms with E-state index < -0.39 is 0 Å². The van der Waals surface area contributed by atoms with E-state index in [-0.39, 0.29) is 11.9 Å². The minimum Gasteiger partial charge on any atom is -0.399 e. The number of benzene rings is 1. The van der Waals surface area contributed by atoms with E-state index >= 15 is 0 Å². The maximum absolute atomic E-state index is 12.4. The Labute approximate surface area is 116 Å². The summed E-state index contributed by atoms with van der Waals surface area (Å²) in [4.78, 5) is 18.3. The molecule has 2 rings (SSSR count). The number of rotatable bonds is 4. The molecule has 1 amide bonds. The van der Waals surface area contributed by atoms with Crippen LogP contribution in [0.1, 0.15) is 29.9 Å². The molecule has 0 atom stereocenters. The van der Waals surface area contributed by atoms with E-state index in [2.05, 4.69) is 4.98 Å². The van der Waals surface area contributed by atoms with Crippen LogP contribution in [0.4, 0.5) is 5.69 Å². The standard InChI is InChI=1S/C14H17N3OS/c1-10(2)17(14(18)13-8-19-9-16-13)7-11-4-3-5-12(15)6-11/h3-6,8-10H,7,15H2,1-2H3. The van der Waals surface area contributed by atoms with Crippen LogP contribution in [-0.4, -0.2) is 21.8 Å². The van der Waals surface area contributed by atoms with Crippen molar-refractivity contribution in [1.82, 2.24) is 9.88 Å². The number of carbonyl (C=O) groups is 1. The fourth-order valence-corrected chi connectivity index (χ4v) is 2.37. The van der Waals surface area contributed by atoms with Gasteiger partial charge in [0.05, 0.1) is 5.51 Å².